The number of benzene rings is 2. The maximum atomic E-state index is 12.3. The lowest BCUT2D eigenvalue weighted by atomic mass is 10.2. The fourth-order valence-electron chi connectivity index (χ4n) is 2.49. The standard InChI is InChI=1S/C20H16BrClN2O4S/c1-2-11-3-5-13(6-4-11)23-20-24-19(27)16(29-20)9-12-7-14(21)18(15(22)8-12)28-10-17(25)26/h3-9H,2,10H2,1H3,(H,25,26)(H,23,24,27)/b16-9+. The topological polar surface area (TPSA) is 88.0 Å². The number of nitrogens with zero attached hydrogens (tertiary/aromatic N) is 1. The Morgan fingerprint density at radius 3 is 2.69 bits per heavy atom. The quantitative estimate of drug-likeness (QED) is 0.549. The molecule has 0 atom stereocenters. The van der Waals surface area contributed by atoms with Crippen molar-refractivity contribution in [3.8, 4) is 5.75 Å². The van der Waals surface area contributed by atoms with Gasteiger partial charge in [0, 0.05) is 0 Å². The first-order valence-electron chi connectivity index (χ1n) is 8.58. The van der Waals surface area contributed by atoms with Gasteiger partial charge >= 0.3 is 5.97 Å². The van der Waals surface area contributed by atoms with Gasteiger partial charge in [-0.3, -0.25) is 4.79 Å². The van der Waals surface area contributed by atoms with Crippen LogP contribution < -0.4 is 10.1 Å². The first-order chi connectivity index (χ1) is 13.9. The summed E-state index contributed by atoms with van der Waals surface area (Å²) in [5.74, 6) is -1.12. The van der Waals surface area contributed by atoms with E-state index in [0.717, 1.165) is 12.1 Å². The number of aliphatic imine (C=N–C) groups is 1. The Balaban J connectivity index is 1.79. The second-order valence-corrected chi connectivity index (χ2v) is 8.29. The number of aryl methyl sites for hydroxylation is 1. The second kappa shape index (κ2) is 9.47. The molecule has 6 nitrogen and oxygen atoms in total. The van der Waals surface area contributed by atoms with Crippen LogP contribution in [0.3, 0.4) is 0 Å². The van der Waals surface area contributed by atoms with E-state index in [2.05, 4.69) is 33.2 Å². The first-order valence-corrected chi connectivity index (χ1v) is 10.6. The molecule has 0 spiro atoms. The number of carboxylic acids is 1. The van der Waals surface area contributed by atoms with E-state index in [1.807, 2.05) is 24.3 Å². The van der Waals surface area contributed by atoms with Crippen molar-refractivity contribution in [3.63, 3.8) is 0 Å². The summed E-state index contributed by atoms with van der Waals surface area (Å²) in [4.78, 5) is 27.9. The third-order valence-electron chi connectivity index (χ3n) is 3.88. The Morgan fingerprint density at radius 1 is 1.34 bits per heavy atom. The van der Waals surface area contributed by atoms with Gasteiger partial charge in [-0.05, 0) is 75.6 Å². The molecule has 1 fully saturated rings. The fourth-order valence-corrected chi connectivity index (χ4v) is 4.32. The molecular weight excluding hydrogens is 480 g/mol. The molecule has 0 bridgehead atoms. The summed E-state index contributed by atoms with van der Waals surface area (Å²) in [7, 11) is 0. The Hall–Kier alpha value is -2.29. The van der Waals surface area contributed by atoms with Crippen LogP contribution in [0.5, 0.6) is 5.75 Å². The van der Waals surface area contributed by atoms with Crippen molar-refractivity contribution in [3.05, 3.63) is 61.9 Å². The fraction of sp³-hybridized carbons (Fsp3) is 0.150. The van der Waals surface area contributed by atoms with E-state index in [-0.39, 0.29) is 16.7 Å². The number of carbonyl (C=O) groups is 2. The van der Waals surface area contributed by atoms with Crippen LogP contribution in [0, 0.1) is 0 Å². The molecule has 2 N–H and O–H groups in total. The van der Waals surface area contributed by atoms with Gasteiger partial charge < -0.3 is 15.2 Å². The van der Waals surface area contributed by atoms with Gasteiger partial charge in [0.1, 0.15) is 0 Å². The Bertz CT molecular complexity index is 999. The van der Waals surface area contributed by atoms with Crippen LogP contribution in [0.15, 0.2) is 50.8 Å². The molecule has 3 rings (SSSR count). The minimum atomic E-state index is -1.10. The lowest BCUT2D eigenvalue weighted by molar-refractivity contribution is -0.139. The number of aliphatic carboxylic acids is 1. The highest BCUT2D eigenvalue weighted by Gasteiger charge is 2.24. The number of thioether (sulfide) groups is 1. The van der Waals surface area contributed by atoms with Crippen LogP contribution in [0.2, 0.25) is 5.02 Å². The van der Waals surface area contributed by atoms with Gasteiger partial charge in [-0.15, -0.1) is 0 Å². The number of rotatable bonds is 6. The highest BCUT2D eigenvalue weighted by Crippen LogP contribution is 2.36. The van der Waals surface area contributed by atoms with Crippen molar-refractivity contribution in [2.75, 3.05) is 6.61 Å². The van der Waals surface area contributed by atoms with Crippen LogP contribution in [-0.4, -0.2) is 28.8 Å². The van der Waals surface area contributed by atoms with Gasteiger partial charge in [0.05, 0.1) is 20.1 Å². The molecule has 0 aliphatic carbocycles. The summed E-state index contributed by atoms with van der Waals surface area (Å²) >= 11 is 10.7. The molecule has 9 heteroatoms. The Kier molecular flexibility index (Phi) is 7.00. The zero-order valence-corrected chi connectivity index (χ0v) is 18.4. The van der Waals surface area contributed by atoms with Gasteiger partial charge in [-0.1, -0.05) is 30.7 Å². The number of halogens is 2. The summed E-state index contributed by atoms with van der Waals surface area (Å²) < 4.78 is 5.66. The van der Waals surface area contributed by atoms with Crippen LogP contribution in [0.1, 0.15) is 18.1 Å². The minimum Gasteiger partial charge on any atom is -0.479 e. The Morgan fingerprint density at radius 2 is 2.07 bits per heavy atom. The molecular formula is C20H16BrClN2O4S. The van der Waals surface area contributed by atoms with Crippen molar-refractivity contribution in [1.29, 1.82) is 0 Å². The van der Waals surface area contributed by atoms with Gasteiger partial charge in [-0.2, -0.15) is 0 Å². The largest absolute Gasteiger partial charge is 0.479 e. The summed E-state index contributed by atoms with van der Waals surface area (Å²) in [6.07, 6.45) is 2.63. The van der Waals surface area contributed by atoms with E-state index >= 15 is 0 Å². The van der Waals surface area contributed by atoms with Gasteiger partial charge in [0.25, 0.3) is 5.91 Å². The third-order valence-corrected chi connectivity index (χ3v) is 5.66. The number of ether oxygens (including phenoxy) is 1. The van der Waals surface area contributed by atoms with E-state index in [1.165, 1.54) is 17.3 Å². The number of amides is 1. The summed E-state index contributed by atoms with van der Waals surface area (Å²) in [6, 6.07) is 11.1. The Labute approximate surface area is 185 Å². The molecule has 1 aliphatic heterocycles. The molecule has 0 unspecified atom stereocenters. The number of hydrogen-bond acceptors (Lipinski definition) is 5. The number of amidine groups is 1. The van der Waals surface area contributed by atoms with E-state index in [0.29, 0.717) is 20.1 Å². The lowest BCUT2D eigenvalue weighted by Gasteiger charge is -2.09. The van der Waals surface area contributed by atoms with Crippen molar-refractivity contribution >= 4 is 68.1 Å². The van der Waals surface area contributed by atoms with Gasteiger partial charge in [0.2, 0.25) is 0 Å². The zero-order chi connectivity index (χ0) is 21.0. The average Bonchev–Trinajstić information content (AvgIpc) is 3.00. The maximum Gasteiger partial charge on any atom is 0.341 e. The van der Waals surface area contributed by atoms with Gasteiger partial charge in [0.15, 0.2) is 17.5 Å². The van der Waals surface area contributed by atoms with E-state index in [9.17, 15) is 9.59 Å². The normalized spacial score (nSPS) is 16.3. The van der Waals surface area contributed by atoms with E-state index in [1.54, 1.807) is 18.2 Å². The van der Waals surface area contributed by atoms with E-state index < -0.39 is 12.6 Å². The smallest absolute Gasteiger partial charge is 0.341 e. The highest BCUT2D eigenvalue weighted by molar-refractivity contribution is 9.10. The molecule has 2 aromatic rings. The summed E-state index contributed by atoms with van der Waals surface area (Å²) in [5, 5.41) is 12.2. The van der Waals surface area contributed by atoms with Crippen molar-refractivity contribution in [1.82, 2.24) is 5.32 Å². The lowest BCUT2D eigenvalue weighted by Crippen LogP contribution is -2.19. The first kappa shape index (κ1) is 21.4. The van der Waals surface area contributed by atoms with Crippen molar-refractivity contribution in [2.24, 2.45) is 4.99 Å². The predicted octanol–water partition coefficient (Wildman–Crippen LogP) is 5.02. The van der Waals surface area contributed by atoms with E-state index in [4.69, 9.17) is 21.4 Å². The molecule has 29 heavy (non-hydrogen) atoms. The molecule has 1 aliphatic rings. The molecule has 150 valence electrons. The van der Waals surface area contributed by atoms with Crippen LogP contribution in [-0.2, 0) is 16.0 Å². The molecule has 1 saturated heterocycles. The average molecular weight is 496 g/mol. The van der Waals surface area contributed by atoms with Gasteiger partial charge in [-0.25, -0.2) is 9.79 Å². The molecule has 0 aromatic heterocycles. The minimum absolute atomic E-state index is 0.234. The second-order valence-electron chi connectivity index (χ2n) is 6.00. The number of nitrogens with one attached hydrogen (secondary N) is 1. The van der Waals surface area contributed by atoms with Crippen LogP contribution in [0.25, 0.3) is 6.08 Å². The predicted molar refractivity (Wildman–Crippen MR) is 119 cm³/mol. The maximum absolute atomic E-state index is 12.3. The highest BCUT2D eigenvalue weighted by atomic mass is 79.9. The molecule has 0 radical (unpaired) electrons. The SMILES string of the molecule is CCc1ccc(N=C2NC(=O)/C(=C\c3cc(Cl)c(OCC(=O)O)c(Br)c3)S2)cc1. The third kappa shape index (κ3) is 5.62. The summed E-state index contributed by atoms with van der Waals surface area (Å²) in [5.41, 5.74) is 2.64. The van der Waals surface area contributed by atoms with Crippen molar-refractivity contribution in [2.45, 2.75) is 13.3 Å². The van der Waals surface area contributed by atoms with Crippen molar-refractivity contribution < 1.29 is 19.4 Å². The monoisotopic (exact) mass is 494 g/mol. The molecule has 1 amide bonds. The molecule has 0 saturated carbocycles. The number of hydrogen-bond donors (Lipinski definition) is 2. The molecule has 2 aromatic carbocycles. The summed E-state index contributed by atoms with van der Waals surface area (Å²) in [6.45, 7) is 1.58. The van der Waals surface area contributed by atoms with Crippen LogP contribution >= 0.6 is 39.3 Å². The van der Waals surface area contributed by atoms with Crippen LogP contribution in [0.4, 0.5) is 5.69 Å². The zero-order valence-electron chi connectivity index (χ0n) is 15.2. The molecule has 1 heterocycles. The number of carboxylic acid groups (broad SMARTS) is 1. The number of carbonyl (C=O) groups excluding carboxylic acids is 1.